The first-order valence-electron chi connectivity index (χ1n) is 15.3. The summed E-state index contributed by atoms with van der Waals surface area (Å²) in [4.78, 5) is 0. The predicted octanol–water partition coefficient (Wildman–Crippen LogP) is 11.1. The van der Waals surface area contributed by atoms with Gasteiger partial charge in [-0.3, -0.25) is 0 Å². The molecule has 0 saturated carbocycles. The average Bonchev–Trinajstić information content (AvgIpc) is 3.57. The monoisotopic (exact) mass is 559 g/mol. The van der Waals surface area contributed by atoms with Gasteiger partial charge in [-0.15, -0.1) is 0 Å². The van der Waals surface area contributed by atoms with E-state index in [9.17, 15) is 0 Å². The van der Waals surface area contributed by atoms with Gasteiger partial charge in [-0.2, -0.15) is 0 Å². The van der Waals surface area contributed by atoms with Crippen molar-refractivity contribution in [3.63, 3.8) is 0 Å². The van der Waals surface area contributed by atoms with Gasteiger partial charge in [0.1, 0.15) is 0 Å². The first kappa shape index (κ1) is 24.9. The Hall–Kier alpha value is -5.66. The quantitative estimate of drug-likeness (QED) is 0.226. The highest BCUT2D eigenvalue weighted by Crippen LogP contribution is 2.63. The molecule has 1 N–H and O–H groups in total. The van der Waals surface area contributed by atoms with Gasteiger partial charge in [-0.05, 0) is 79.4 Å². The van der Waals surface area contributed by atoms with Crippen molar-refractivity contribution in [2.24, 2.45) is 0 Å². The minimum Gasteiger partial charge on any atom is -0.355 e. The number of fused-ring (bicyclic) bond motifs is 10. The van der Waals surface area contributed by atoms with Crippen LogP contribution in [0.4, 0.5) is 11.4 Å². The molecular formula is C43H29N. The third-order valence-corrected chi connectivity index (χ3v) is 9.49. The fourth-order valence-corrected chi connectivity index (χ4v) is 7.75. The second kappa shape index (κ2) is 9.69. The topological polar surface area (TPSA) is 12.0 Å². The maximum atomic E-state index is 3.89. The summed E-state index contributed by atoms with van der Waals surface area (Å²) in [5.41, 5.74) is 17.4. The molecule has 1 spiro atoms. The normalized spacial score (nSPS) is 13.2. The van der Waals surface area contributed by atoms with Crippen molar-refractivity contribution < 1.29 is 0 Å². The summed E-state index contributed by atoms with van der Waals surface area (Å²) >= 11 is 0. The van der Waals surface area contributed by atoms with Gasteiger partial charge in [-0.25, -0.2) is 0 Å². The first-order chi connectivity index (χ1) is 21.8. The summed E-state index contributed by atoms with van der Waals surface area (Å²) < 4.78 is 0. The van der Waals surface area contributed by atoms with Crippen molar-refractivity contribution in [3.05, 3.63) is 192 Å². The van der Waals surface area contributed by atoms with Gasteiger partial charge in [0.2, 0.25) is 0 Å². The van der Waals surface area contributed by atoms with E-state index < -0.39 is 0 Å². The molecule has 0 aromatic heterocycles. The lowest BCUT2D eigenvalue weighted by atomic mass is 9.70. The molecule has 0 radical (unpaired) electrons. The number of hydrogen-bond donors (Lipinski definition) is 1. The molecule has 0 saturated heterocycles. The lowest BCUT2D eigenvalue weighted by Gasteiger charge is -2.30. The van der Waals surface area contributed by atoms with E-state index in [0.717, 1.165) is 11.4 Å². The van der Waals surface area contributed by atoms with Gasteiger partial charge in [0, 0.05) is 16.9 Å². The van der Waals surface area contributed by atoms with Crippen molar-refractivity contribution in [1.29, 1.82) is 0 Å². The largest absolute Gasteiger partial charge is 0.355 e. The van der Waals surface area contributed by atoms with Crippen LogP contribution >= 0.6 is 0 Å². The lowest BCUT2D eigenvalue weighted by Crippen LogP contribution is -2.25. The summed E-state index contributed by atoms with van der Waals surface area (Å²) in [5, 5.41) is 3.89. The number of benzene rings is 7. The maximum absolute atomic E-state index is 3.89. The van der Waals surface area contributed by atoms with Crippen LogP contribution in [0.5, 0.6) is 0 Å². The van der Waals surface area contributed by atoms with Crippen molar-refractivity contribution >= 4 is 11.4 Å². The van der Waals surface area contributed by atoms with E-state index in [0.29, 0.717) is 0 Å². The Morgan fingerprint density at radius 1 is 0.341 bits per heavy atom. The molecular weight excluding hydrogens is 530 g/mol. The van der Waals surface area contributed by atoms with Crippen LogP contribution in [0.15, 0.2) is 170 Å². The van der Waals surface area contributed by atoms with Crippen LogP contribution in [0.2, 0.25) is 0 Å². The molecule has 7 aromatic carbocycles. The zero-order valence-electron chi connectivity index (χ0n) is 24.2. The van der Waals surface area contributed by atoms with Crippen LogP contribution in [0, 0.1) is 0 Å². The molecule has 9 rings (SSSR count). The highest BCUT2D eigenvalue weighted by Gasteiger charge is 2.51. The third kappa shape index (κ3) is 3.47. The first-order valence-corrected chi connectivity index (χ1v) is 15.3. The smallest absolute Gasteiger partial charge is 0.0726 e. The van der Waals surface area contributed by atoms with Crippen LogP contribution < -0.4 is 5.32 Å². The lowest BCUT2D eigenvalue weighted by molar-refractivity contribution is 0.794. The van der Waals surface area contributed by atoms with Gasteiger partial charge < -0.3 is 5.32 Å². The van der Waals surface area contributed by atoms with Crippen molar-refractivity contribution in [3.8, 4) is 44.5 Å². The van der Waals surface area contributed by atoms with E-state index in [1.165, 1.54) is 66.8 Å². The van der Waals surface area contributed by atoms with Crippen LogP contribution in [0.25, 0.3) is 44.5 Å². The molecule has 0 amide bonds. The van der Waals surface area contributed by atoms with E-state index in [1.807, 2.05) is 0 Å². The van der Waals surface area contributed by atoms with Gasteiger partial charge in [-0.1, -0.05) is 152 Å². The zero-order valence-corrected chi connectivity index (χ0v) is 24.2. The van der Waals surface area contributed by atoms with E-state index in [2.05, 4.69) is 175 Å². The zero-order chi connectivity index (χ0) is 29.1. The second-order valence-electron chi connectivity index (χ2n) is 11.7. The number of hydrogen-bond acceptors (Lipinski definition) is 1. The Kier molecular flexibility index (Phi) is 5.48. The van der Waals surface area contributed by atoms with Crippen molar-refractivity contribution in [2.75, 3.05) is 5.32 Å². The Morgan fingerprint density at radius 2 is 0.841 bits per heavy atom. The van der Waals surface area contributed by atoms with E-state index in [-0.39, 0.29) is 5.41 Å². The summed E-state index contributed by atoms with van der Waals surface area (Å²) in [5.74, 6) is 0. The Balaban J connectivity index is 1.25. The molecule has 0 unspecified atom stereocenters. The Labute approximate surface area is 258 Å². The number of anilines is 2. The molecule has 7 aromatic rings. The minimum atomic E-state index is -0.344. The molecule has 0 heterocycles. The van der Waals surface area contributed by atoms with Crippen molar-refractivity contribution in [2.45, 2.75) is 5.41 Å². The molecule has 206 valence electrons. The highest BCUT2D eigenvalue weighted by molar-refractivity contribution is 5.99. The van der Waals surface area contributed by atoms with Crippen LogP contribution in [-0.4, -0.2) is 0 Å². The van der Waals surface area contributed by atoms with Crippen molar-refractivity contribution in [1.82, 2.24) is 0 Å². The number of rotatable bonds is 4. The molecule has 0 atom stereocenters. The average molecular weight is 560 g/mol. The molecule has 0 bridgehead atoms. The Bertz CT molecular complexity index is 2150. The van der Waals surface area contributed by atoms with E-state index >= 15 is 0 Å². The van der Waals surface area contributed by atoms with Gasteiger partial charge in [0.25, 0.3) is 0 Å². The fraction of sp³-hybridized carbons (Fsp3) is 0.0233. The van der Waals surface area contributed by atoms with Gasteiger partial charge >= 0.3 is 0 Å². The highest BCUT2D eigenvalue weighted by atomic mass is 14.9. The molecule has 2 aliphatic rings. The molecule has 0 aliphatic heterocycles. The van der Waals surface area contributed by atoms with Crippen LogP contribution in [-0.2, 0) is 5.41 Å². The summed E-state index contributed by atoms with van der Waals surface area (Å²) in [7, 11) is 0. The van der Waals surface area contributed by atoms with Gasteiger partial charge in [0.15, 0.2) is 0 Å². The van der Waals surface area contributed by atoms with E-state index in [1.54, 1.807) is 0 Å². The summed E-state index contributed by atoms with van der Waals surface area (Å²) in [6.45, 7) is 0. The second-order valence-corrected chi connectivity index (χ2v) is 11.7. The third-order valence-electron chi connectivity index (χ3n) is 9.49. The summed E-state index contributed by atoms with van der Waals surface area (Å²) in [6.07, 6.45) is 0. The number of nitrogens with one attached hydrogen (secondary N) is 1. The standard InChI is InChI=1S/C43H29N/c1-3-14-29(15-4-1)32-27-26-31(28-36(32)30-16-5-2-6-17-30)44-41-25-13-24-40-42(41)35-20-9-12-23-39(35)43(40)37-21-10-7-18-33(37)34-19-8-11-22-38(34)43/h1-28,44H. The molecule has 1 nitrogen and oxygen atoms in total. The maximum Gasteiger partial charge on any atom is 0.0726 e. The Morgan fingerprint density at radius 3 is 1.48 bits per heavy atom. The molecule has 0 fully saturated rings. The van der Waals surface area contributed by atoms with Crippen LogP contribution in [0.3, 0.4) is 0 Å². The fourth-order valence-electron chi connectivity index (χ4n) is 7.75. The molecule has 44 heavy (non-hydrogen) atoms. The molecule has 1 heteroatoms. The molecule has 2 aliphatic carbocycles. The van der Waals surface area contributed by atoms with E-state index in [4.69, 9.17) is 0 Å². The SMILES string of the molecule is c1ccc(-c2ccc(Nc3cccc4c3-c3ccccc3C43c4ccccc4-c4ccccc43)cc2-c2ccccc2)cc1. The summed E-state index contributed by atoms with van der Waals surface area (Å²) in [6, 6.07) is 61.8. The van der Waals surface area contributed by atoms with Gasteiger partial charge in [0.05, 0.1) is 5.41 Å². The minimum absolute atomic E-state index is 0.344. The van der Waals surface area contributed by atoms with Crippen LogP contribution in [0.1, 0.15) is 22.3 Å². The predicted molar refractivity (Wildman–Crippen MR) is 183 cm³/mol.